The van der Waals surface area contributed by atoms with E-state index in [0.717, 1.165) is 31.1 Å². The number of hydrogen-bond donors (Lipinski definition) is 1. The van der Waals surface area contributed by atoms with Gasteiger partial charge in [-0.2, -0.15) is 5.10 Å². The SMILES string of the molecule is COc1ccc(CNCc2cn(Cc3ccccc3)nc2-c2cccs2)cc1. The minimum Gasteiger partial charge on any atom is -0.497 e. The molecule has 0 bridgehead atoms. The summed E-state index contributed by atoms with van der Waals surface area (Å²) in [5, 5.41) is 10.5. The van der Waals surface area contributed by atoms with Gasteiger partial charge in [-0.15, -0.1) is 11.3 Å². The number of nitrogens with zero attached hydrogens (tertiary/aromatic N) is 2. The van der Waals surface area contributed by atoms with Crippen LogP contribution in [0.25, 0.3) is 10.6 Å². The fourth-order valence-corrected chi connectivity index (χ4v) is 3.89. The lowest BCUT2D eigenvalue weighted by molar-refractivity contribution is 0.414. The molecule has 0 aliphatic carbocycles. The zero-order chi connectivity index (χ0) is 19.2. The molecule has 5 heteroatoms. The first kappa shape index (κ1) is 18.5. The number of hydrogen-bond acceptors (Lipinski definition) is 4. The molecule has 4 rings (SSSR count). The van der Waals surface area contributed by atoms with Crippen LogP contribution in [0.5, 0.6) is 5.75 Å². The highest BCUT2D eigenvalue weighted by Crippen LogP contribution is 2.27. The predicted octanol–water partition coefficient (Wildman–Crippen LogP) is 4.96. The van der Waals surface area contributed by atoms with E-state index < -0.39 is 0 Å². The average Bonchev–Trinajstić information content (AvgIpc) is 3.39. The molecular formula is C23H23N3OS. The lowest BCUT2D eigenvalue weighted by Gasteiger charge is -2.06. The largest absolute Gasteiger partial charge is 0.497 e. The van der Waals surface area contributed by atoms with Crippen LogP contribution >= 0.6 is 11.3 Å². The Hall–Kier alpha value is -2.89. The highest BCUT2D eigenvalue weighted by molar-refractivity contribution is 7.13. The number of methoxy groups -OCH3 is 1. The number of ether oxygens (including phenoxy) is 1. The Morgan fingerprint density at radius 1 is 0.929 bits per heavy atom. The zero-order valence-electron chi connectivity index (χ0n) is 15.8. The van der Waals surface area contributed by atoms with Gasteiger partial charge in [0.05, 0.1) is 18.5 Å². The highest BCUT2D eigenvalue weighted by Gasteiger charge is 2.12. The molecule has 0 unspecified atom stereocenters. The van der Waals surface area contributed by atoms with Crippen LogP contribution in [0.2, 0.25) is 0 Å². The van der Waals surface area contributed by atoms with Gasteiger partial charge in [-0.05, 0) is 34.7 Å². The van der Waals surface area contributed by atoms with Gasteiger partial charge in [-0.3, -0.25) is 4.68 Å². The summed E-state index contributed by atoms with van der Waals surface area (Å²) < 4.78 is 7.26. The molecule has 0 saturated heterocycles. The number of nitrogens with one attached hydrogen (secondary N) is 1. The lowest BCUT2D eigenvalue weighted by atomic mass is 10.2. The molecule has 0 radical (unpaired) electrons. The Morgan fingerprint density at radius 2 is 1.75 bits per heavy atom. The molecule has 0 atom stereocenters. The van der Waals surface area contributed by atoms with E-state index in [0.29, 0.717) is 0 Å². The first-order valence-electron chi connectivity index (χ1n) is 9.29. The van der Waals surface area contributed by atoms with Crippen LogP contribution in [0, 0.1) is 0 Å². The van der Waals surface area contributed by atoms with E-state index >= 15 is 0 Å². The van der Waals surface area contributed by atoms with E-state index in [4.69, 9.17) is 9.84 Å². The van der Waals surface area contributed by atoms with Crippen LogP contribution in [-0.2, 0) is 19.6 Å². The molecule has 0 aliphatic rings. The number of rotatable bonds is 8. The van der Waals surface area contributed by atoms with Gasteiger partial charge in [-0.1, -0.05) is 48.5 Å². The van der Waals surface area contributed by atoms with E-state index in [2.05, 4.69) is 65.4 Å². The number of benzene rings is 2. The molecule has 0 aliphatic heterocycles. The molecule has 0 amide bonds. The van der Waals surface area contributed by atoms with Crippen molar-refractivity contribution in [1.82, 2.24) is 15.1 Å². The molecule has 1 N–H and O–H groups in total. The molecular weight excluding hydrogens is 366 g/mol. The Morgan fingerprint density at radius 3 is 2.46 bits per heavy atom. The third-order valence-electron chi connectivity index (χ3n) is 4.58. The van der Waals surface area contributed by atoms with Crippen molar-refractivity contribution in [3.05, 3.63) is 95.0 Å². The summed E-state index contributed by atoms with van der Waals surface area (Å²) in [4.78, 5) is 1.20. The van der Waals surface area contributed by atoms with Gasteiger partial charge < -0.3 is 10.1 Å². The van der Waals surface area contributed by atoms with E-state index in [-0.39, 0.29) is 0 Å². The molecule has 0 saturated carbocycles. The minimum absolute atomic E-state index is 0.772. The van der Waals surface area contributed by atoms with Crippen LogP contribution in [0.3, 0.4) is 0 Å². The molecule has 142 valence electrons. The second kappa shape index (κ2) is 8.87. The van der Waals surface area contributed by atoms with Crippen LogP contribution in [0.4, 0.5) is 0 Å². The second-order valence-corrected chi connectivity index (χ2v) is 7.56. The average molecular weight is 390 g/mol. The van der Waals surface area contributed by atoms with Gasteiger partial charge in [0.1, 0.15) is 11.4 Å². The zero-order valence-corrected chi connectivity index (χ0v) is 16.7. The maximum Gasteiger partial charge on any atom is 0.118 e. The van der Waals surface area contributed by atoms with Crippen LogP contribution in [-0.4, -0.2) is 16.9 Å². The van der Waals surface area contributed by atoms with Crippen molar-refractivity contribution in [2.45, 2.75) is 19.6 Å². The first-order valence-corrected chi connectivity index (χ1v) is 10.2. The fraction of sp³-hybridized carbons (Fsp3) is 0.174. The summed E-state index contributed by atoms with van der Waals surface area (Å²) in [6, 6.07) is 22.8. The molecule has 0 spiro atoms. The molecule has 2 aromatic carbocycles. The van der Waals surface area contributed by atoms with Crippen molar-refractivity contribution in [2.75, 3.05) is 7.11 Å². The Bertz CT molecular complexity index is 992. The standard InChI is InChI=1S/C23H23N3OS/c1-27-21-11-9-18(10-12-21)14-24-15-20-17-26(16-19-6-3-2-4-7-19)25-23(20)22-8-5-13-28-22/h2-13,17,24H,14-16H2,1H3. The molecule has 2 aromatic heterocycles. The van der Waals surface area contributed by atoms with Gasteiger partial charge >= 0.3 is 0 Å². The van der Waals surface area contributed by atoms with Gasteiger partial charge in [0.2, 0.25) is 0 Å². The molecule has 28 heavy (non-hydrogen) atoms. The summed E-state index contributed by atoms with van der Waals surface area (Å²) >= 11 is 1.73. The van der Waals surface area contributed by atoms with Gasteiger partial charge in [-0.25, -0.2) is 0 Å². The number of aromatic nitrogens is 2. The van der Waals surface area contributed by atoms with Gasteiger partial charge in [0.25, 0.3) is 0 Å². The van der Waals surface area contributed by atoms with Crippen molar-refractivity contribution in [1.29, 1.82) is 0 Å². The summed E-state index contributed by atoms with van der Waals surface area (Å²) in [7, 11) is 1.69. The molecule has 0 fully saturated rings. The lowest BCUT2D eigenvalue weighted by Crippen LogP contribution is -2.12. The molecule has 4 aromatic rings. The summed E-state index contributed by atoms with van der Waals surface area (Å²) in [5.74, 6) is 0.880. The van der Waals surface area contributed by atoms with Crippen molar-refractivity contribution < 1.29 is 4.74 Å². The molecule has 2 heterocycles. The Kier molecular flexibility index (Phi) is 5.85. The normalized spacial score (nSPS) is 10.9. The first-order chi connectivity index (χ1) is 13.8. The van der Waals surface area contributed by atoms with E-state index in [1.807, 2.05) is 22.9 Å². The van der Waals surface area contributed by atoms with Crippen LogP contribution < -0.4 is 10.1 Å². The van der Waals surface area contributed by atoms with Gasteiger partial charge in [0.15, 0.2) is 0 Å². The maximum atomic E-state index is 5.22. The topological polar surface area (TPSA) is 39.1 Å². The van der Waals surface area contributed by atoms with E-state index in [1.54, 1.807) is 18.4 Å². The third-order valence-corrected chi connectivity index (χ3v) is 5.46. The minimum atomic E-state index is 0.772. The second-order valence-electron chi connectivity index (χ2n) is 6.62. The quantitative estimate of drug-likeness (QED) is 0.463. The fourth-order valence-electron chi connectivity index (χ4n) is 3.15. The van der Waals surface area contributed by atoms with Crippen LogP contribution in [0.15, 0.2) is 78.3 Å². The Balaban J connectivity index is 1.48. The van der Waals surface area contributed by atoms with Gasteiger partial charge in [0, 0.05) is 24.8 Å². The van der Waals surface area contributed by atoms with Crippen molar-refractivity contribution >= 4 is 11.3 Å². The smallest absolute Gasteiger partial charge is 0.118 e. The van der Waals surface area contributed by atoms with Crippen molar-refractivity contribution in [3.8, 4) is 16.3 Å². The van der Waals surface area contributed by atoms with E-state index in [1.165, 1.54) is 21.6 Å². The van der Waals surface area contributed by atoms with Crippen molar-refractivity contribution in [2.24, 2.45) is 0 Å². The van der Waals surface area contributed by atoms with Crippen LogP contribution in [0.1, 0.15) is 16.7 Å². The van der Waals surface area contributed by atoms with E-state index in [9.17, 15) is 0 Å². The van der Waals surface area contributed by atoms with Crippen molar-refractivity contribution in [3.63, 3.8) is 0 Å². The Labute approximate surface area is 169 Å². The molecule has 4 nitrogen and oxygen atoms in total. The third kappa shape index (κ3) is 4.50. The summed E-state index contributed by atoms with van der Waals surface area (Å²) in [5.41, 5.74) is 4.76. The summed E-state index contributed by atoms with van der Waals surface area (Å²) in [6.07, 6.45) is 2.16. The predicted molar refractivity (Wildman–Crippen MR) is 115 cm³/mol. The number of thiophene rings is 1. The summed E-state index contributed by atoms with van der Waals surface area (Å²) in [6.45, 7) is 2.35. The monoisotopic (exact) mass is 389 g/mol. The maximum absolute atomic E-state index is 5.22. The highest BCUT2D eigenvalue weighted by atomic mass is 32.1.